The predicted octanol–water partition coefficient (Wildman–Crippen LogP) is 1.65. The second-order valence-corrected chi connectivity index (χ2v) is 3.96. The van der Waals surface area contributed by atoms with Gasteiger partial charge in [0.05, 0.1) is 13.2 Å². The van der Waals surface area contributed by atoms with Crippen LogP contribution in [0.5, 0.6) is 5.75 Å². The van der Waals surface area contributed by atoms with Gasteiger partial charge in [0.1, 0.15) is 11.6 Å². The van der Waals surface area contributed by atoms with E-state index in [0.717, 1.165) is 13.0 Å². The van der Waals surface area contributed by atoms with E-state index < -0.39 is 0 Å². The van der Waals surface area contributed by atoms with E-state index >= 15 is 0 Å². The van der Waals surface area contributed by atoms with Crippen molar-refractivity contribution < 1.29 is 14.2 Å². The summed E-state index contributed by atoms with van der Waals surface area (Å²) in [4.78, 5) is 2.06. The lowest BCUT2D eigenvalue weighted by atomic mass is 10.2. The van der Waals surface area contributed by atoms with Gasteiger partial charge in [-0.2, -0.15) is 0 Å². The van der Waals surface area contributed by atoms with Crippen LogP contribution < -0.4 is 4.74 Å². The van der Waals surface area contributed by atoms with E-state index in [1.807, 2.05) is 14.1 Å². The number of hydrogen-bond donors (Lipinski definition) is 1. The lowest BCUT2D eigenvalue weighted by Crippen LogP contribution is -2.15. The van der Waals surface area contributed by atoms with Crippen LogP contribution in [0.2, 0.25) is 0 Å². The minimum Gasteiger partial charge on any atom is -0.493 e. The summed E-state index contributed by atoms with van der Waals surface area (Å²) in [5, 5.41) is 8.90. The Morgan fingerprint density at radius 2 is 2.06 bits per heavy atom. The lowest BCUT2D eigenvalue weighted by Gasteiger charge is -2.11. The number of rotatable bonds is 6. The molecule has 0 spiro atoms. The van der Waals surface area contributed by atoms with Crippen molar-refractivity contribution in [2.75, 3.05) is 27.2 Å². The van der Waals surface area contributed by atoms with Crippen LogP contribution in [0.1, 0.15) is 12.0 Å². The van der Waals surface area contributed by atoms with Gasteiger partial charge in [-0.25, -0.2) is 4.39 Å². The number of nitrogens with zero attached hydrogens (tertiary/aromatic N) is 1. The van der Waals surface area contributed by atoms with Crippen molar-refractivity contribution in [3.05, 3.63) is 29.6 Å². The summed E-state index contributed by atoms with van der Waals surface area (Å²) in [6.45, 7) is 1.31. The minimum absolute atomic E-state index is 0.175. The number of ether oxygens (including phenoxy) is 1. The molecule has 0 saturated carbocycles. The summed E-state index contributed by atoms with van der Waals surface area (Å²) in [6.07, 6.45) is 0.887. The van der Waals surface area contributed by atoms with Crippen molar-refractivity contribution in [2.45, 2.75) is 13.0 Å². The van der Waals surface area contributed by atoms with Gasteiger partial charge in [0.2, 0.25) is 0 Å². The Morgan fingerprint density at radius 1 is 1.31 bits per heavy atom. The van der Waals surface area contributed by atoms with Crippen LogP contribution in [0, 0.1) is 5.82 Å². The van der Waals surface area contributed by atoms with E-state index in [9.17, 15) is 4.39 Å². The molecule has 0 unspecified atom stereocenters. The van der Waals surface area contributed by atoms with Crippen molar-refractivity contribution >= 4 is 0 Å². The highest BCUT2D eigenvalue weighted by atomic mass is 19.1. The first-order valence-corrected chi connectivity index (χ1v) is 5.29. The molecule has 0 bridgehead atoms. The average Bonchev–Trinajstić information content (AvgIpc) is 2.23. The molecule has 4 heteroatoms. The van der Waals surface area contributed by atoms with Crippen LogP contribution in [-0.2, 0) is 6.61 Å². The normalized spacial score (nSPS) is 10.8. The van der Waals surface area contributed by atoms with Gasteiger partial charge in [-0.3, -0.25) is 0 Å². The van der Waals surface area contributed by atoms with E-state index in [1.165, 1.54) is 12.1 Å². The molecule has 0 saturated heterocycles. The number of halogens is 1. The van der Waals surface area contributed by atoms with Crippen LogP contribution in [0.4, 0.5) is 4.39 Å². The fourth-order valence-corrected chi connectivity index (χ4v) is 1.37. The summed E-state index contributed by atoms with van der Waals surface area (Å²) in [7, 11) is 3.98. The standard InChI is InChI=1S/C12H18FNO2/c1-14(2)4-3-5-16-12-7-10(9-15)6-11(13)8-12/h6-8,15H,3-5,9H2,1-2H3. The van der Waals surface area contributed by atoms with Crippen LogP contribution in [-0.4, -0.2) is 37.3 Å². The number of benzene rings is 1. The molecule has 0 heterocycles. The van der Waals surface area contributed by atoms with E-state index in [-0.39, 0.29) is 12.4 Å². The molecule has 1 N–H and O–H groups in total. The van der Waals surface area contributed by atoms with Gasteiger partial charge in [-0.15, -0.1) is 0 Å². The Hall–Kier alpha value is -1.13. The Bertz CT molecular complexity index is 329. The SMILES string of the molecule is CN(C)CCCOc1cc(F)cc(CO)c1. The maximum atomic E-state index is 13.1. The first kappa shape index (κ1) is 12.9. The fourth-order valence-electron chi connectivity index (χ4n) is 1.37. The Morgan fingerprint density at radius 3 is 2.69 bits per heavy atom. The van der Waals surface area contributed by atoms with Crippen molar-refractivity contribution in [1.82, 2.24) is 4.90 Å². The van der Waals surface area contributed by atoms with Crippen LogP contribution in [0.3, 0.4) is 0 Å². The minimum atomic E-state index is -0.380. The lowest BCUT2D eigenvalue weighted by molar-refractivity contribution is 0.271. The van der Waals surface area contributed by atoms with Crippen LogP contribution >= 0.6 is 0 Å². The molecule has 0 aromatic heterocycles. The quantitative estimate of drug-likeness (QED) is 0.750. The van der Waals surface area contributed by atoms with Crippen molar-refractivity contribution in [3.8, 4) is 5.75 Å². The second kappa shape index (κ2) is 6.45. The summed E-state index contributed by atoms with van der Waals surface area (Å²) in [5.74, 6) is 0.0944. The monoisotopic (exact) mass is 227 g/mol. The van der Waals surface area contributed by atoms with Gasteiger partial charge in [0.15, 0.2) is 0 Å². The predicted molar refractivity (Wildman–Crippen MR) is 61.0 cm³/mol. The second-order valence-electron chi connectivity index (χ2n) is 3.96. The van der Waals surface area contributed by atoms with Crippen molar-refractivity contribution in [3.63, 3.8) is 0 Å². The van der Waals surface area contributed by atoms with E-state index in [1.54, 1.807) is 6.07 Å². The van der Waals surface area contributed by atoms with E-state index in [2.05, 4.69) is 4.90 Å². The molecule has 1 aromatic rings. The first-order valence-electron chi connectivity index (χ1n) is 5.29. The zero-order chi connectivity index (χ0) is 12.0. The molecule has 1 rings (SSSR count). The maximum Gasteiger partial charge on any atom is 0.127 e. The van der Waals surface area contributed by atoms with Gasteiger partial charge in [-0.05, 0) is 38.2 Å². The number of aliphatic hydroxyl groups excluding tert-OH is 1. The maximum absolute atomic E-state index is 13.1. The summed E-state index contributed by atoms with van der Waals surface area (Å²) < 4.78 is 18.5. The molecule has 0 aliphatic carbocycles. The molecule has 0 atom stereocenters. The molecule has 1 aromatic carbocycles. The van der Waals surface area contributed by atoms with Gasteiger partial charge in [0, 0.05) is 12.6 Å². The topological polar surface area (TPSA) is 32.7 Å². The third kappa shape index (κ3) is 4.59. The zero-order valence-electron chi connectivity index (χ0n) is 9.74. The highest BCUT2D eigenvalue weighted by Crippen LogP contribution is 2.16. The summed E-state index contributed by atoms with van der Waals surface area (Å²) in [5.41, 5.74) is 0.530. The molecule has 0 radical (unpaired) electrons. The van der Waals surface area contributed by atoms with Crippen molar-refractivity contribution in [1.29, 1.82) is 0 Å². The molecule has 0 aliphatic rings. The zero-order valence-corrected chi connectivity index (χ0v) is 9.74. The van der Waals surface area contributed by atoms with Gasteiger partial charge >= 0.3 is 0 Å². The highest BCUT2D eigenvalue weighted by molar-refractivity contribution is 5.29. The molecular formula is C12H18FNO2. The molecular weight excluding hydrogens is 209 g/mol. The van der Waals surface area contributed by atoms with Gasteiger partial charge in [0.25, 0.3) is 0 Å². The molecule has 3 nitrogen and oxygen atoms in total. The van der Waals surface area contributed by atoms with Gasteiger partial charge < -0.3 is 14.7 Å². The third-order valence-electron chi connectivity index (χ3n) is 2.13. The smallest absolute Gasteiger partial charge is 0.127 e. The number of hydrogen-bond acceptors (Lipinski definition) is 3. The molecule has 0 fully saturated rings. The molecule has 90 valence electrons. The van der Waals surface area contributed by atoms with E-state index in [4.69, 9.17) is 9.84 Å². The first-order chi connectivity index (χ1) is 7.61. The summed E-state index contributed by atoms with van der Waals surface area (Å²) in [6, 6.07) is 4.28. The van der Waals surface area contributed by atoms with Gasteiger partial charge in [-0.1, -0.05) is 0 Å². The molecule has 0 aliphatic heterocycles. The Kier molecular flexibility index (Phi) is 5.22. The summed E-state index contributed by atoms with van der Waals surface area (Å²) >= 11 is 0. The molecule has 0 amide bonds. The van der Waals surface area contributed by atoms with Crippen LogP contribution in [0.15, 0.2) is 18.2 Å². The third-order valence-corrected chi connectivity index (χ3v) is 2.13. The van der Waals surface area contributed by atoms with E-state index in [0.29, 0.717) is 17.9 Å². The van der Waals surface area contributed by atoms with Crippen molar-refractivity contribution in [2.24, 2.45) is 0 Å². The average molecular weight is 227 g/mol. The Labute approximate surface area is 95.5 Å². The Balaban J connectivity index is 2.44. The van der Waals surface area contributed by atoms with Crippen LogP contribution in [0.25, 0.3) is 0 Å². The fraction of sp³-hybridized carbons (Fsp3) is 0.500. The highest BCUT2D eigenvalue weighted by Gasteiger charge is 2.01. The number of aliphatic hydroxyl groups is 1. The largest absolute Gasteiger partial charge is 0.493 e. The molecule has 16 heavy (non-hydrogen) atoms.